The molecule has 1 atom stereocenters. The largest absolute Gasteiger partial charge is 0.347 e. The van der Waals surface area contributed by atoms with Crippen LogP contribution in [0.3, 0.4) is 0 Å². The van der Waals surface area contributed by atoms with Crippen molar-refractivity contribution in [2.45, 2.75) is 32.9 Å². The van der Waals surface area contributed by atoms with Crippen LogP contribution in [0.25, 0.3) is 0 Å². The summed E-state index contributed by atoms with van der Waals surface area (Å²) in [6, 6.07) is 7.97. The predicted octanol–water partition coefficient (Wildman–Crippen LogP) is -1.00. The first-order chi connectivity index (χ1) is 12.6. The van der Waals surface area contributed by atoms with Gasteiger partial charge in [-0.15, -0.1) is 0 Å². The van der Waals surface area contributed by atoms with Gasteiger partial charge in [-0.3, -0.25) is 9.59 Å². The van der Waals surface area contributed by atoms with E-state index in [1.807, 2.05) is 44.9 Å². The van der Waals surface area contributed by atoms with Crippen molar-refractivity contribution < 1.29 is 19.4 Å². The van der Waals surface area contributed by atoms with Crippen molar-refractivity contribution in [2.75, 3.05) is 46.3 Å². The smallest absolute Gasteiger partial charge is 0.278 e. The molecule has 0 bridgehead atoms. The number of carbonyl (C=O) groups excluding carboxylic acids is 2. The van der Waals surface area contributed by atoms with Gasteiger partial charge in [-0.2, -0.15) is 0 Å². The third-order valence-electron chi connectivity index (χ3n) is 4.62. The van der Waals surface area contributed by atoms with E-state index < -0.39 is 0 Å². The number of piperazine rings is 1. The molecule has 1 aliphatic rings. The minimum absolute atomic E-state index is 0.0231. The molecule has 27 heavy (non-hydrogen) atoms. The zero-order chi connectivity index (χ0) is 20.0. The minimum Gasteiger partial charge on any atom is -0.347 e. The molecule has 3 N–H and O–H groups in total. The summed E-state index contributed by atoms with van der Waals surface area (Å²) in [5, 5.41) is 3.70. The molecule has 1 heterocycles. The van der Waals surface area contributed by atoms with Gasteiger partial charge in [0.1, 0.15) is 6.54 Å². The molecular weight excluding hydrogens is 364 g/mol. The predicted molar refractivity (Wildman–Crippen MR) is 107 cm³/mol. The number of hydrogen-bond acceptors (Lipinski definition) is 2. The lowest BCUT2D eigenvalue weighted by atomic mass is 10.1. The maximum Gasteiger partial charge on any atom is 0.278 e. The Hall–Kier alpha value is -1.63. The zero-order valence-electron chi connectivity index (χ0n) is 16.9. The second-order valence-corrected chi connectivity index (χ2v) is 8.98. The highest BCUT2D eigenvalue weighted by Crippen LogP contribution is 2.08. The van der Waals surface area contributed by atoms with Crippen molar-refractivity contribution in [1.29, 1.82) is 0 Å². The van der Waals surface area contributed by atoms with Crippen molar-refractivity contribution in [3.63, 3.8) is 0 Å². The van der Waals surface area contributed by atoms with E-state index >= 15 is 0 Å². The van der Waals surface area contributed by atoms with Gasteiger partial charge >= 0.3 is 0 Å². The van der Waals surface area contributed by atoms with Crippen molar-refractivity contribution in [3.05, 3.63) is 34.9 Å². The highest BCUT2D eigenvalue weighted by Gasteiger charge is 2.26. The van der Waals surface area contributed by atoms with Crippen LogP contribution in [0.5, 0.6) is 0 Å². The number of carbonyl (C=O) groups is 2. The molecule has 0 spiro atoms. The minimum atomic E-state index is -0.245. The molecule has 2 rings (SSSR count). The molecule has 2 amide bonds. The Bertz CT molecular complexity index is 634. The number of benzene rings is 1. The fourth-order valence-electron chi connectivity index (χ4n) is 3.31. The summed E-state index contributed by atoms with van der Waals surface area (Å²) in [5.74, 6) is 0.103. The number of quaternary nitrogens is 2. The zero-order valence-corrected chi connectivity index (χ0v) is 17.7. The molecule has 0 aliphatic carbocycles. The van der Waals surface area contributed by atoms with Gasteiger partial charge in [-0.05, 0) is 32.9 Å². The molecule has 6 nitrogen and oxygen atoms in total. The van der Waals surface area contributed by atoms with E-state index in [-0.39, 0.29) is 17.4 Å². The van der Waals surface area contributed by atoms with E-state index in [1.165, 1.54) is 10.5 Å². The Morgan fingerprint density at radius 1 is 1.15 bits per heavy atom. The molecular formula is C20H33ClN4O2+2. The molecule has 0 saturated carbocycles. The Morgan fingerprint density at radius 3 is 2.30 bits per heavy atom. The van der Waals surface area contributed by atoms with Crippen molar-refractivity contribution in [1.82, 2.24) is 10.2 Å². The van der Waals surface area contributed by atoms with Crippen LogP contribution in [-0.2, 0) is 16.1 Å². The fourth-order valence-corrected chi connectivity index (χ4v) is 3.44. The summed E-state index contributed by atoms with van der Waals surface area (Å²) in [5.41, 5.74) is 1.02. The summed E-state index contributed by atoms with van der Waals surface area (Å²) in [4.78, 5) is 28.8. The first kappa shape index (κ1) is 21.7. The third kappa shape index (κ3) is 7.87. The van der Waals surface area contributed by atoms with Gasteiger partial charge in [0.2, 0.25) is 0 Å². The molecule has 1 saturated heterocycles. The standard InChI is InChI=1S/C20H31ClN4O2/c1-20(2,3)22-18(26)14-23(4)15-19(27)25-11-9-24(10-12-25)13-16-5-7-17(21)8-6-16/h5-8H,9-15H2,1-4H3,(H,22,26)/p+2. The Kier molecular flexibility index (Phi) is 7.65. The van der Waals surface area contributed by atoms with Crippen LogP contribution in [0.4, 0.5) is 0 Å². The van der Waals surface area contributed by atoms with E-state index in [2.05, 4.69) is 17.4 Å². The van der Waals surface area contributed by atoms with Crippen molar-refractivity contribution in [2.24, 2.45) is 0 Å². The summed E-state index contributed by atoms with van der Waals surface area (Å²) >= 11 is 5.93. The van der Waals surface area contributed by atoms with Crippen LogP contribution < -0.4 is 15.1 Å². The van der Waals surface area contributed by atoms with Crippen LogP contribution in [0.1, 0.15) is 26.3 Å². The van der Waals surface area contributed by atoms with E-state index in [4.69, 9.17) is 11.6 Å². The summed E-state index contributed by atoms with van der Waals surface area (Å²) in [6.45, 7) is 10.9. The number of nitrogens with zero attached hydrogens (tertiary/aromatic N) is 1. The average molecular weight is 397 g/mol. The van der Waals surface area contributed by atoms with Gasteiger partial charge in [0.15, 0.2) is 13.1 Å². The highest BCUT2D eigenvalue weighted by molar-refractivity contribution is 6.30. The molecule has 1 aromatic carbocycles. The topological polar surface area (TPSA) is 58.3 Å². The van der Waals surface area contributed by atoms with Crippen molar-refractivity contribution >= 4 is 23.4 Å². The average Bonchev–Trinajstić information content (AvgIpc) is 2.55. The Balaban J connectivity index is 1.72. The maximum absolute atomic E-state index is 12.5. The number of amides is 2. The molecule has 7 heteroatoms. The third-order valence-corrected chi connectivity index (χ3v) is 4.87. The lowest BCUT2D eigenvalue weighted by molar-refractivity contribution is -0.917. The van der Waals surface area contributed by atoms with Gasteiger partial charge in [-0.25, -0.2) is 0 Å². The number of halogens is 1. The molecule has 1 aromatic rings. The molecule has 1 aliphatic heterocycles. The van der Waals surface area contributed by atoms with E-state index in [0.717, 1.165) is 42.6 Å². The van der Waals surface area contributed by atoms with Crippen LogP contribution in [0.15, 0.2) is 24.3 Å². The number of likely N-dealkylation sites (N-methyl/N-ethyl adjacent to an activating group) is 1. The molecule has 0 aromatic heterocycles. The van der Waals surface area contributed by atoms with Crippen LogP contribution in [-0.4, -0.2) is 68.6 Å². The van der Waals surface area contributed by atoms with Gasteiger partial charge in [0.25, 0.3) is 11.8 Å². The van der Waals surface area contributed by atoms with Gasteiger partial charge < -0.3 is 20.0 Å². The van der Waals surface area contributed by atoms with Crippen molar-refractivity contribution in [3.8, 4) is 0 Å². The van der Waals surface area contributed by atoms with Crippen LogP contribution in [0.2, 0.25) is 5.02 Å². The van der Waals surface area contributed by atoms with Gasteiger partial charge in [0, 0.05) is 16.1 Å². The molecule has 1 unspecified atom stereocenters. The monoisotopic (exact) mass is 396 g/mol. The number of nitrogens with one attached hydrogen (secondary N) is 3. The van der Waals surface area contributed by atoms with Crippen LogP contribution in [0, 0.1) is 0 Å². The van der Waals surface area contributed by atoms with E-state index in [0.29, 0.717) is 13.1 Å². The SMILES string of the molecule is C[NH+](CC(=O)NC(C)(C)C)CC(=O)N1CC[NH+](Cc2ccc(Cl)cc2)CC1. The summed E-state index contributed by atoms with van der Waals surface area (Å²) < 4.78 is 0. The number of hydrogen-bond donors (Lipinski definition) is 3. The quantitative estimate of drug-likeness (QED) is 0.577. The van der Waals surface area contributed by atoms with Crippen LogP contribution >= 0.6 is 11.6 Å². The fraction of sp³-hybridized carbons (Fsp3) is 0.600. The normalized spacial score (nSPS) is 16.9. The summed E-state index contributed by atoms with van der Waals surface area (Å²) in [6.07, 6.45) is 0. The number of rotatable bonds is 6. The second-order valence-electron chi connectivity index (χ2n) is 8.54. The Labute approximate surface area is 167 Å². The lowest BCUT2D eigenvalue weighted by Crippen LogP contribution is -3.14. The summed E-state index contributed by atoms with van der Waals surface area (Å²) in [7, 11) is 1.89. The molecule has 1 fully saturated rings. The Morgan fingerprint density at radius 2 is 1.74 bits per heavy atom. The first-order valence-corrected chi connectivity index (χ1v) is 9.98. The maximum atomic E-state index is 12.5. The highest BCUT2D eigenvalue weighted by atomic mass is 35.5. The lowest BCUT2D eigenvalue weighted by Gasteiger charge is -2.32. The molecule has 150 valence electrons. The van der Waals surface area contributed by atoms with E-state index in [1.54, 1.807) is 0 Å². The van der Waals surface area contributed by atoms with Gasteiger partial charge in [0.05, 0.1) is 33.2 Å². The second kappa shape index (κ2) is 9.53. The molecule has 0 radical (unpaired) electrons. The van der Waals surface area contributed by atoms with E-state index in [9.17, 15) is 9.59 Å². The first-order valence-electron chi connectivity index (χ1n) is 9.60. The van der Waals surface area contributed by atoms with Gasteiger partial charge in [-0.1, -0.05) is 23.7 Å².